The van der Waals surface area contributed by atoms with Crippen molar-refractivity contribution >= 4 is 23.2 Å². The molecule has 5 nitrogen and oxygen atoms in total. The first-order valence-corrected chi connectivity index (χ1v) is 8.82. The molecule has 3 rings (SSSR count). The van der Waals surface area contributed by atoms with E-state index >= 15 is 0 Å². The molecule has 0 atom stereocenters. The Morgan fingerprint density at radius 2 is 1.89 bits per heavy atom. The molecule has 1 aliphatic rings. The summed E-state index contributed by atoms with van der Waals surface area (Å²) < 4.78 is 36.8. The minimum atomic E-state index is -4.47. The normalized spacial score (nSPS) is 13.2. The van der Waals surface area contributed by atoms with Gasteiger partial charge in [-0.2, -0.15) is 13.2 Å². The first-order valence-electron chi connectivity index (χ1n) is 8.82. The van der Waals surface area contributed by atoms with Crippen molar-refractivity contribution in [1.29, 1.82) is 0 Å². The molecule has 0 saturated heterocycles. The number of halogens is 3. The largest absolute Gasteiger partial charge is 0.405 e. The van der Waals surface area contributed by atoms with Crippen LogP contribution in [0.15, 0.2) is 42.5 Å². The van der Waals surface area contributed by atoms with E-state index in [1.807, 2.05) is 29.6 Å². The molecule has 2 aromatic carbocycles. The Morgan fingerprint density at radius 1 is 1.14 bits per heavy atom. The number of para-hydroxylation sites is 1. The first-order chi connectivity index (χ1) is 13.2. The van der Waals surface area contributed by atoms with Crippen LogP contribution < -0.4 is 15.5 Å². The Labute approximate surface area is 160 Å². The van der Waals surface area contributed by atoms with Gasteiger partial charge in [-0.25, -0.2) is 0 Å². The number of carbonyl (C=O) groups is 2. The van der Waals surface area contributed by atoms with Gasteiger partial charge in [-0.05, 0) is 42.7 Å². The van der Waals surface area contributed by atoms with Crippen molar-refractivity contribution in [2.45, 2.75) is 19.5 Å². The van der Waals surface area contributed by atoms with Gasteiger partial charge in [-0.1, -0.05) is 24.3 Å². The van der Waals surface area contributed by atoms with Crippen LogP contribution in [0.2, 0.25) is 0 Å². The summed E-state index contributed by atoms with van der Waals surface area (Å²) in [5.41, 5.74) is 3.42. The second kappa shape index (κ2) is 7.92. The molecule has 2 aromatic rings. The lowest BCUT2D eigenvalue weighted by atomic mass is 10.1. The fourth-order valence-corrected chi connectivity index (χ4v) is 3.10. The maximum absolute atomic E-state index is 12.6. The third-order valence-corrected chi connectivity index (χ3v) is 4.57. The van der Waals surface area contributed by atoms with E-state index in [0.717, 1.165) is 23.2 Å². The van der Waals surface area contributed by atoms with Gasteiger partial charge in [0.05, 0.1) is 6.54 Å². The third kappa shape index (κ3) is 4.62. The smallest absolute Gasteiger partial charge is 0.376 e. The van der Waals surface area contributed by atoms with E-state index in [-0.39, 0.29) is 18.0 Å². The van der Waals surface area contributed by atoms with Crippen molar-refractivity contribution < 1.29 is 22.8 Å². The average Bonchev–Trinajstić information content (AvgIpc) is 3.09. The Balaban J connectivity index is 1.64. The van der Waals surface area contributed by atoms with Crippen molar-refractivity contribution in [2.24, 2.45) is 0 Å². The van der Waals surface area contributed by atoms with Crippen molar-refractivity contribution in [3.63, 3.8) is 0 Å². The van der Waals surface area contributed by atoms with Gasteiger partial charge >= 0.3 is 6.18 Å². The topological polar surface area (TPSA) is 61.4 Å². The number of alkyl halides is 3. The molecule has 8 heteroatoms. The van der Waals surface area contributed by atoms with Crippen LogP contribution in [0.25, 0.3) is 0 Å². The molecular weight excluding hydrogens is 371 g/mol. The van der Waals surface area contributed by atoms with Crippen molar-refractivity contribution in [3.8, 4) is 0 Å². The predicted octanol–water partition coefficient (Wildman–Crippen LogP) is 3.29. The second-order valence-electron chi connectivity index (χ2n) is 6.61. The minimum Gasteiger partial charge on any atom is -0.376 e. The summed E-state index contributed by atoms with van der Waals surface area (Å²) in [6.07, 6.45) is -3.67. The third-order valence-electron chi connectivity index (χ3n) is 4.57. The van der Waals surface area contributed by atoms with E-state index in [4.69, 9.17) is 0 Å². The number of aryl methyl sites for hydroxylation is 1. The molecule has 2 amide bonds. The number of amides is 2. The van der Waals surface area contributed by atoms with E-state index in [0.29, 0.717) is 12.2 Å². The second-order valence-corrected chi connectivity index (χ2v) is 6.61. The molecule has 0 fully saturated rings. The van der Waals surface area contributed by atoms with Gasteiger partial charge in [0.25, 0.3) is 5.91 Å². The van der Waals surface area contributed by atoms with Crippen LogP contribution >= 0.6 is 0 Å². The maximum atomic E-state index is 12.6. The molecule has 148 valence electrons. The lowest BCUT2D eigenvalue weighted by molar-refractivity contribution is -0.123. The molecule has 2 N–H and O–H groups in total. The Kier molecular flexibility index (Phi) is 5.58. The molecule has 0 bridgehead atoms. The summed E-state index contributed by atoms with van der Waals surface area (Å²) in [6, 6.07) is 12.2. The summed E-state index contributed by atoms with van der Waals surface area (Å²) in [6.45, 7) is 1.02. The van der Waals surface area contributed by atoms with Crippen molar-refractivity contribution in [1.82, 2.24) is 5.32 Å². The van der Waals surface area contributed by atoms with Gasteiger partial charge in [0.2, 0.25) is 5.91 Å². The maximum Gasteiger partial charge on any atom is 0.405 e. The Morgan fingerprint density at radius 3 is 2.64 bits per heavy atom. The molecule has 0 radical (unpaired) electrons. The van der Waals surface area contributed by atoms with E-state index in [1.54, 1.807) is 17.9 Å². The van der Waals surface area contributed by atoms with E-state index in [1.165, 1.54) is 12.1 Å². The van der Waals surface area contributed by atoms with Gasteiger partial charge < -0.3 is 15.5 Å². The summed E-state index contributed by atoms with van der Waals surface area (Å²) in [4.78, 5) is 26.2. The van der Waals surface area contributed by atoms with Crippen LogP contribution in [0.5, 0.6) is 0 Å². The number of fused-ring (bicyclic) bond motifs is 1. The highest BCUT2D eigenvalue weighted by atomic mass is 19.4. The molecular formula is C20H20F3N3O2. The van der Waals surface area contributed by atoms with E-state index in [2.05, 4.69) is 5.32 Å². The zero-order valence-corrected chi connectivity index (χ0v) is 15.3. The summed E-state index contributed by atoms with van der Waals surface area (Å²) in [7, 11) is 0. The molecule has 1 aliphatic heterocycles. The van der Waals surface area contributed by atoms with Gasteiger partial charge in [0, 0.05) is 23.5 Å². The molecule has 0 aromatic heterocycles. The van der Waals surface area contributed by atoms with Crippen molar-refractivity contribution in [2.75, 3.05) is 29.9 Å². The first kappa shape index (κ1) is 19.7. The van der Waals surface area contributed by atoms with Crippen molar-refractivity contribution in [3.05, 3.63) is 59.2 Å². The summed E-state index contributed by atoms with van der Waals surface area (Å²) >= 11 is 0. The number of rotatable bonds is 5. The fraction of sp³-hybridized carbons (Fsp3) is 0.300. The lowest BCUT2D eigenvalue weighted by Crippen LogP contribution is -2.34. The molecule has 0 saturated carbocycles. The van der Waals surface area contributed by atoms with E-state index < -0.39 is 18.6 Å². The van der Waals surface area contributed by atoms with Crippen LogP contribution in [-0.4, -0.2) is 37.6 Å². The average molecular weight is 391 g/mol. The van der Waals surface area contributed by atoms with Gasteiger partial charge in [0.1, 0.15) is 6.54 Å². The number of nitrogens with one attached hydrogen (secondary N) is 2. The zero-order valence-electron chi connectivity index (χ0n) is 15.3. The van der Waals surface area contributed by atoms with Crippen LogP contribution in [0.1, 0.15) is 21.5 Å². The Hall–Kier alpha value is -3.03. The van der Waals surface area contributed by atoms with Gasteiger partial charge in [0.15, 0.2) is 0 Å². The van der Waals surface area contributed by atoms with Crippen LogP contribution in [0, 0.1) is 6.92 Å². The molecule has 28 heavy (non-hydrogen) atoms. The summed E-state index contributed by atoms with van der Waals surface area (Å²) in [5.74, 6) is -0.934. The molecule has 0 aliphatic carbocycles. The lowest BCUT2D eigenvalue weighted by Gasteiger charge is -2.19. The quantitative estimate of drug-likeness (QED) is 0.822. The zero-order chi connectivity index (χ0) is 20.3. The fourth-order valence-electron chi connectivity index (χ4n) is 3.10. The SMILES string of the molecule is Cc1ccc(C(=O)NCC(F)(F)F)cc1NCC(=O)N1CCc2ccccc21. The van der Waals surface area contributed by atoms with Crippen LogP contribution in [0.4, 0.5) is 24.5 Å². The number of hydrogen-bond acceptors (Lipinski definition) is 3. The number of benzene rings is 2. The molecule has 0 spiro atoms. The highest BCUT2D eigenvalue weighted by Crippen LogP contribution is 2.27. The highest BCUT2D eigenvalue weighted by molar-refractivity contribution is 5.98. The summed E-state index contributed by atoms with van der Waals surface area (Å²) in [5, 5.41) is 4.83. The minimum absolute atomic E-state index is 0.0167. The number of nitrogens with zero attached hydrogens (tertiary/aromatic N) is 1. The molecule has 0 unspecified atom stereocenters. The standard InChI is InChI=1S/C20H20F3N3O2/c1-13-6-7-15(19(28)25-12-20(21,22)23)10-16(13)24-11-18(27)26-9-8-14-4-2-3-5-17(14)26/h2-7,10,24H,8-9,11-12H2,1H3,(H,25,28). The number of hydrogen-bond donors (Lipinski definition) is 2. The van der Waals surface area contributed by atoms with Crippen LogP contribution in [-0.2, 0) is 11.2 Å². The monoisotopic (exact) mass is 391 g/mol. The van der Waals surface area contributed by atoms with Gasteiger partial charge in [-0.3, -0.25) is 9.59 Å². The van der Waals surface area contributed by atoms with Crippen LogP contribution in [0.3, 0.4) is 0 Å². The van der Waals surface area contributed by atoms with E-state index in [9.17, 15) is 22.8 Å². The number of carbonyl (C=O) groups excluding carboxylic acids is 2. The highest BCUT2D eigenvalue weighted by Gasteiger charge is 2.28. The Bertz CT molecular complexity index is 897. The number of anilines is 2. The van der Waals surface area contributed by atoms with Gasteiger partial charge in [-0.15, -0.1) is 0 Å². The molecule has 1 heterocycles. The predicted molar refractivity (Wildman–Crippen MR) is 101 cm³/mol.